The fourth-order valence-corrected chi connectivity index (χ4v) is 3.21. The Morgan fingerprint density at radius 1 is 1.35 bits per heavy atom. The lowest BCUT2D eigenvalue weighted by atomic mass is 9.78. The Labute approximate surface area is 160 Å². The van der Waals surface area contributed by atoms with Crippen molar-refractivity contribution in [3.63, 3.8) is 0 Å². The molecule has 6 nitrogen and oxygen atoms in total. The van der Waals surface area contributed by atoms with Crippen LogP contribution in [0.2, 0.25) is 0 Å². The number of amides is 1. The van der Waals surface area contributed by atoms with E-state index < -0.39 is 5.41 Å². The second-order valence-electron chi connectivity index (χ2n) is 7.87. The molecule has 0 unspecified atom stereocenters. The first-order chi connectivity index (χ1) is 11.8. The largest absolute Gasteiger partial charge is 0.440 e. The van der Waals surface area contributed by atoms with Crippen molar-refractivity contribution >= 4 is 35.1 Å². The third kappa shape index (κ3) is 4.19. The lowest BCUT2D eigenvalue weighted by Gasteiger charge is -2.35. The average Bonchev–Trinajstić information content (AvgIpc) is 2.99. The number of halogens is 1. The molecular weight excluding hydrogens is 354 g/mol. The molecule has 1 aromatic heterocycles. The highest BCUT2D eigenvalue weighted by molar-refractivity contribution is 5.97. The van der Waals surface area contributed by atoms with Gasteiger partial charge in [-0.05, 0) is 44.1 Å². The first-order valence-corrected chi connectivity index (χ1v) is 8.76. The number of anilines is 1. The third-order valence-electron chi connectivity index (χ3n) is 4.75. The predicted octanol–water partition coefficient (Wildman–Crippen LogP) is 3.50. The van der Waals surface area contributed by atoms with Crippen LogP contribution < -0.4 is 10.6 Å². The molecule has 1 aliphatic rings. The van der Waals surface area contributed by atoms with Crippen LogP contribution in [0, 0.1) is 5.41 Å². The molecule has 1 fully saturated rings. The maximum Gasteiger partial charge on any atom is 0.233 e. The summed E-state index contributed by atoms with van der Waals surface area (Å²) in [5.74, 6) is 0.704. The summed E-state index contributed by atoms with van der Waals surface area (Å²) >= 11 is 0. The summed E-state index contributed by atoms with van der Waals surface area (Å²) in [4.78, 5) is 17.5. The van der Waals surface area contributed by atoms with Gasteiger partial charge >= 0.3 is 0 Å². The molecule has 0 atom stereocenters. The SMILES string of the molecule is COCC1(C(=O)Nc2ccc3oc(C(C)(C)C)nc3c2)CCNCC1.Cl. The van der Waals surface area contributed by atoms with Crippen molar-refractivity contribution in [2.24, 2.45) is 5.41 Å². The summed E-state index contributed by atoms with van der Waals surface area (Å²) in [5, 5.41) is 6.35. The molecule has 0 saturated carbocycles. The van der Waals surface area contributed by atoms with Crippen LogP contribution in [0.15, 0.2) is 22.6 Å². The van der Waals surface area contributed by atoms with Gasteiger partial charge in [0.05, 0.1) is 12.0 Å². The van der Waals surface area contributed by atoms with Gasteiger partial charge < -0.3 is 19.8 Å². The van der Waals surface area contributed by atoms with Gasteiger partial charge in [-0.15, -0.1) is 12.4 Å². The highest BCUT2D eigenvalue weighted by atomic mass is 35.5. The predicted molar refractivity (Wildman–Crippen MR) is 105 cm³/mol. The number of piperidine rings is 1. The van der Waals surface area contributed by atoms with Crippen LogP contribution in [0.25, 0.3) is 11.1 Å². The molecular formula is C19H28ClN3O3. The van der Waals surface area contributed by atoms with E-state index >= 15 is 0 Å². The lowest BCUT2D eigenvalue weighted by Crippen LogP contribution is -2.47. The van der Waals surface area contributed by atoms with Crippen LogP contribution in [0.4, 0.5) is 5.69 Å². The van der Waals surface area contributed by atoms with Crippen LogP contribution in [-0.4, -0.2) is 37.7 Å². The Balaban J connectivity index is 0.00000243. The normalized spacial score (nSPS) is 16.9. The zero-order valence-corrected chi connectivity index (χ0v) is 16.7. The summed E-state index contributed by atoms with van der Waals surface area (Å²) in [6.45, 7) is 8.27. The van der Waals surface area contributed by atoms with Crippen molar-refractivity contribution in [3.05, 3.63) is 24.1 Å². The van der Waals surface area contributed by atoms with E-state index in [2.05, 4.69) is 36.4 Å². The number of hydrogen-bond acceptors (Lipinski definition) is 5. The Bertz CT molecular complexity index is 755. The molecule has 1 aromatic carbocycles. The van der Waals surface area contributed by atoms with E-state index in [0.29, 0.717) is 12.5 Å². The quantitative estimate of drug-likeness (QED) is 0.847. The molecule has 0 spiro atoms. The van der Waals surface area contributed by atoms with Crippen LogP contribution >= 0.6 is 12.4 Å². The van der Waals surface area contributed by atoms with E-state index in [1.807, 2.05) is 18.2 Å². The molecule has 1 amide bonds. The number of rotatable bonds is 4. The molecule has 3 rings (SSSR count). The molecule has 0 radical (unpaired) electrons. The van der Waals surface area contributed by atoms with E-state index in [4.69, 9.17) is 9.15 Å². The van der Waals surface area contributed by atoms with E-state index in [0.717, 1.165) is 42.7 Å². The fourth-order valence-electron chi connectivity index (χ4n) is 3.21. The number of aromatic nitrogens is 1. The van der Waals surface area contributed by atoms with Gasteiger partial charge in [0.1, 0.15) is 5.52 Å². The Kier molecular flexibility index (Phi) is 6.32. The fraction of sp³-hybridized carbons (Fsp3) is 0.579. The molecule has 26 heavy (non-hydrogen) atoms. The molecule has 0 bridgehead atoms. The second kappa shape index (κ2) is 7.94. The summed E-state index contributed by atoms with van der Waals surface area (Å²) in [6, 6.07) is 5.59. The Morgan fingerprint density at radius 3 is 2.65 bits per heavy atom. The van der Waals surface area contributed by atoms with Crippen molar-refractivity contribution in [1.82, 2.24) is 10.3 Å². The summed E-state index contributed by atoms with van der Waals surface area (Å²) < 4.78 is 11.2. The zero-order chi connectivity index (χ0) is 18.1. The molecule has 0 aliphatic carbocycles. The number of carbonyl (C=O) groups is 1. The van der Waals surface area contributed by atoms with Gasteiger partial charge in [-0.25, -0.2) is 4.98 Å². The molecule has 2 N–H and O–H groups in total. The Morgan fingerprint density at radius 2 is 2.04 bits per heavy atom. The first-order valence-electron chi connectivity index (χ1n) is 8.76. The monoisotopic (exact) mass is 381 g/mol. The summed E-state index contributed by atoms with van der Waals surface area (Å²) in [5.41, 5.74) is 1.60. The smallest absolute Gasteiger partial charge is 0.233 e. The van der Waals surface area contributed by atoms with Crippen LogP contribution in [0.1, 0.15) is 39.5 Å². The minimum Gasteiger partial charge on any atom is -0.440 e. The molecule has 2 aromatic rings. The van der Waals surface area contributed by atoms with Gasteiger partial charge in [-0.3, -0.25) is 4.79 Å². The number of nitrogens with one attached hydrogen (secondary N) is 2. The van der Waals surface area contributed by atoms with E-state index in [1.54, 1.807) is 7.11 Å². The van der Waals surface area contributed by atoms with Crippen molar-refractivity contribution in [2.45, 2.75) is 39.0 Å². The Hall–Kier alpha value is -1.63. The molecule has 1 aliphatic heterocycles. The van der Waals surface area contributed by atoms with Gasteiger partial charge in [0, 0.05) is 18.2 Å². The number of carbonyl (C=O) groups excluding carboxylic acids is 1. The van der Waals surface area contributed by atoms with Crippen molar-refractivity contribution in [2.75, 3.05) is 32.1 Å². The highest BCUT2D eigenvalue weighted by Crippen LogP contribution is 2.32. The maximum absolute atomic E-state index is 12.9. The number of nitrogens with zero attached hydrogens (tertiary/aromatic N) is 1. The van der Waals surface area contributed by atoms with Gasteiger partial charge in [0.25, 0.3) is 0 Å². The highest BCUT2D eigenvalue weighted by Gasteiger charge is 2.39. The van der Waals surface area contributed by atoms with E-state index in [9.17, 15) is 4.79 Å². The third-order valence-corrected chi connectivity index (χ3v) is 4.75. The lowest BCUT2D eigenvalue weighted by molar-refractivity contribution is -0.130. The standard InChI is InChI=1S/C19H27N3O3.ClH/c1-18(2,3)17-22-14-11-13(5-6-15(14)25-17)21-16(23)19(12-24-4)7-9-20-10-8-19;/h5-6,11,20H,7-10,12H2,1-4H3,(H,21,23);1H. The van der Waals surface area contributed by atoms with Gasteiger partial charge in [0.15, 0.2) is 5.58 Å². The van der Waals surface area contributed by atoms with Crippen molar-refractivity contribution in [1.29, 1.82) is 0 Å². The van der Waals surface area contributed by atoms with Crippen LogP contribution in [0.3, 0.4) is 0 Å². The van der Waals surface area contributed by atoms with Crippen LogP contribution in [-0.2, 0) is 14.9 Å². The molecule has 7 heteroatoms. The minimum atomic E-state index is -0.477. The minimum absolute atomic E-state index is 0. The van der Waals surface area contributed by atoms with Crippen LogP contribution in [0.5, 0.6) is 0 Å². The zero-order valence-electron chi connectivity index (χ0n) is 15.8. The maximum atomic E-state index is 12.9. The number of methoxy groups -OCH3 is 1. The number of hydrogen-bond donors (Lipinski definition) is 2. The van der Waals surface area contributed by atoms with Crippen molar-refractivity contribution in [3.8, 4) is 0 Å². The number of benzene rings is 1. The summed E-state index contributed by atoms with van der Waals surface area (Å²) in [6.07, 6.45) is 1.54. The summed E-state index contributed by atoms with van der Waals surface area (Å²) in [7, 11) is 1.65. The van der Waals surface area contributed by atoms with Gasteiger partial charge in [-0.1, -0.05) is 20.8 Å². The van der Waals surface area contributed by atoms with E-state index in [-0.39, 0.29) is 23.7 Å². The van der Waals surface area contributed by atoms with Crippen molar-refractivity contribution < 1.29 is 13.9 Å². The molecule has 144 valence electrons. The number of ether oxygens (including phenoxy) is 1. The first kappa shape index (κ1) is 20.7. The number of oxazole rings is 1. The average molecular weight is 382 g/mol. The van der Waals surface area contributed by atoms with Gasteiger partial charge in [-0.2, -0.15) is 0 Å². The molecule has 2 heterocycles. The molecule has 1 saturated heterocycles. The van der Waals surface area contributed by atoms with Gasteiger partial charge in [0.2, 0.25) is 11.8 Å². The topological polar surface area (TPSA) is 76.4 Å². The second-order valence-corrected chi connectivity index (χ2v) is 7.87. The van der Waals surface area contributed by atoms with E-state index in [1.165, 1.54) is 0 Å². The number of fused-ring (bicyclic) bond motifs is 1.